The number of hydrogen-bond donors (Lipinski definition) is 2. The summed E-state index contributed by atoms with van der Waals surface area (Å²) in [7, 11) is 3.12. The van der Waals surface area contributed by atoms with Gasteiger partial charge in [0, 0.05) is 6.54 Å². The van der Waals surface area contributed by atoms with Crippen LogP contribution in [-0.2, 0) is 16.0 Å². The van der Waals surface area contributed by atoms with Gasteiger partial charge in [-0.2, -0.15) is 11.3 Å². The number of aliphatic carboxylic acids is 1. The molecule has 7 heteroatoms. The highest BCUT2D eigenvalue weighted by Gasteiger charge is 2.28. The van der Waals surface area contributed by atoms with Gasteiger partial charge in [0.15, 0.2) is 17.4 Å². The first-order valence-electron chi connectivity index (χ1n) is 7.30. The summed E-state index contributed by atoms with van der Waals surface area (Å²) in [5.74, 6) is -1.60. The highest BCUT2D eigenvalue weighted by molar-refractivity contribution is 7.08. The Kier molecular flexibility index (Phi) is 6.20. The van der Waals surface area contributed by atoms with E-state index in [9.17, 15) is 14.7 Å². The SMILES string of the molecule is COc1ccc(CCNC(=O)C(C(=O)O)c2ccsc2)cc1OC. The van der Waals surface area contributed by atoms with E-state index in [1.165, 1.54) is 11.3 Å². The van der Waals surface area contributed by atoms with Crippen molar-refractivity contribution in [2.24, 2.45) is 0 Å². The van der Waals surface area contributed by atoms with Crippen LogP contribution in [0.3, 0.4) is 0 Å². The van der Waals surface area contributed by atoms with Crippen molar-refractivity contribution in [3.63, 3.8) is 0 Å². The van der Waals surface area contributed by atoms with E-state index in [1.807, 2.05) is 12.1 Å². The summed E-state index contributed by atoms with van der Waals surface area (Å²) in [4.78, 5) is 23.5. The fraction of sp³-hybridized carbons (Fsp3) is 0.294. The van der Waals surface area contributed by atoms with E-state index in [1.54, 1.807) is 37.1 Å². The number of thiophene rings is 1. The second-order valence-corrected chi connectivity index (χ2v) is 5.84. The predicted octanol–water partition coefficient (Wildman–Crippen LogP) is 2.29. The molecule has 2 aromatic rings. The molecule has 0 aliphatic heterocycles. The lowest BCUT2D eigenvalue weighted by Crippen LogP contribution is -2.34. The first-order valence-corrected chi connectivity index (χ1v) is 8.24. The second kappa shape index (κ2) is 8.35. The monoisotopic (exact) mass is 349 g/mol. The maximum atomic E-state index is 12.2. The number of nitrogens with one attached hydrogen (secondary N) is 1. The number of carbonyl (C=O) groups is 2. The maximum absolute atomic E-state index is 12.2. The van der Waals surface area contributed by atoms with Gasteiger partial charge in [0.05, 0.1) is 14.2 Å². The van der Waals surface area contributed by atoms with Gasteiger partial charge in [-0.3, -0.25) is 9.59 Å². The van der Waals surface area contributed by atoms with Gasteiger partial charge in [0.1, 0.15) is 0 Å². The molecule has 128 valence electrons. The minimum atomic E-state index is -1.18. The van der Waals surface area contributed by atoms with Crippen LogP contribution < -0.4 is 14.8 Å². The zero-order chi connectivity index (χ0) is 17.5. The highest BCUT2D eigenvalue weighted by atomic mass is 32.1. The zero-order valence-corrected chi connectivity index (χ0v) is 14.3. The molecule has 1 heterocycles. The zero-order valence-electron chi connectivity index (χ0n) is 13.4. The molecular formula is C17H19NO5S. The van der Waals surface area contributed by atoms with Crippen molar-refractivity contribution >= 4 is 23.2 Å². The number of benzene rings is 1. The maximum Gasteiger partial charge on any atom is 0.320 e. The van der Waals surface area contributed by atoms with E-state index >= 15 is 0 Å². The molecule has 1 aromatic heterocycles. The summed E-state index contributed by atoms with van der Waals surface area (Å²) in [6.07, 6.45) is 0.558. The Labute approximate surface area is 144 Å². The van der Waals surface area contributed by atoms with Crippen molar-refractivity contribution in [2.45, 2.75) is 12.3 Å². The van der Waals surface area contributed by atoms with Gasteiger partial charge in [-0.15, -0.1) is 0 Å². The van der Waals surface area contributed by atoms with Gasteiger partial charge >= 0.3 is 5.97 Å². The molecule has 0 saturated heterocycles. The first-order chi connectivity index (χ1) is 11.6. The normalized spacial score (nSPS) is 11.6. The first kappa shape index (κ1) is 17.8. The number of methoxy groups -OCH3 is 2. The van der Waals surface area contributed by atoms with Crippen molar-refractivity contribution < 1.29 is 24.2 Å². The van der Waals surface area contributed by atoms with Gasteiger partial charge in [0.25, 0.3) is 0 Å². The molecule has 2 rings (SSSR count). The molecule has 1 amide bonds. The Morgan fingerprint density at radius 1 is 1.21 bits per heavy atom. The number of amides is 1. The summed E-state index contributed by atoms with van der Waals surface area (Å²) in [6, 6.07) is 7.15. The van der Waals surface area contributed by atoms with Crippen LogP contribution in [-0.4, -0.2) is 37.7 Å². The number of carboxylic acid groups (broad SMARTS) is 1. The van der Waals surface area contributed by atoms with Crippen molar-refractivity contribution in [1.82, 2.24) is 5.32 Å². The minimum Gasteiger partial charge on any atom is -0.493 e. The van der Waals surface area contributed by atoms with E-state index in [0.717, 1.165) is 5.56 Å². The lowest BCUT2D eigenvalue weighted by Gasteiger charge is -2.13. The molecular weight excluding hydrogens is 330 g/mol. The molecule has 1 atom stereocenters. The van der Waals surface area contributed by atoms with Crippen LogP contribution in [0.25, 0.3) is 0 Å². The van der Waals surface area contributed by atoms with Gasteiger partial charge in [0.2, 0.25) is 5.91 Å². The third-order valence-electron chi connectivity index (χ3n) is 3.55. The summed E-state index contributed by atoms with van der Waals surface area (Å²) < 4.78 is 10.4. The van der Waals surface area contributed by atoms with Crippen LogP contribution in [0.2, 0.25) is 0 Å². The van der Waals surface area contributed by atoms with Gasteiger partial charge < -0.3 is 19.9 Å². The summed E-state index contributed by atoms with van der Waals surface area (Å²) >= 11 is 1.36. The number of carbonyl (C=O) groups excluding carboxylic acids is 1. The molecule has 1 unspecified atom stereocenters. The van der Waals surface area contributed by atoms with Crippen molar-refractivity contribution in [3.05, 3.63) is 46.2 Å². The number of carboxylic acids is 1. The fourth-order valence-electron chi connectivity index (χ4n) is 2.31. The molecule has 2 N–H and O–H groups in total. The van der Waals surface area contributed by atoms with Crippen molar-refractivity contribution in [2.75, 3.05) is 20.8 Å². The lowest BCUT2D eigenvalue weighted by molar-refractivity contribution is -0.143. The van der Waals surface area contributed by atoms with Gasteiger partial charge in [-0.05, 0) is 46.5 Å². The lowest BCUT2D eigenvalue weighted by atomic mass is 10.0. The molecule has 6 nitrogen and oxygen atoms in total. The Morgan fingerprint density at radius 2 is 1.96 bits per heavy atom. The molecule has 0 radical (unpaired) electrons. The third kappa shape index (κ3) is 4.26. The molecule has 0 bridgehead atoms. The predicted molar refractivity (Wildman–Crippen MR) is 91.0 cm³/mol. The minimum absolute atomic E-state index is 0.336. The van der Waals surface area contributed by atoms with Crippen LogP contribution in [0.1, 0.15) is 17.0 Å². The Bertz CT molecular complexity index is 699. The van der Waals surface area contributed by atoms with E-state index in [-0.39, 0.29) is 0 Å². The van der Waals surface area contributed by atoms with Crippen LogP contribution in [0.5, 0.6) is 11.5 Å². The van der Waals surface area contributed by atoms with Crippen LogP contribution in [0.15, 0.2) is 35.0 Å². The topological polar surface area (TPSA) is 84.9 Å². The van der Waals surface area contributed by atoms with E-state index in [2.05, 4.69) is 5.32 Å². The van der Waals surface area contributed by atoms with Crippen LogP contribution >= 0.6 is 11.3 Å². The average Bonchev–Trinajstić information content (AvgIpc) is 3.08. The molecule has 0 aliphatic rings. The molecule has 0 fully saturated rings. The Balaban J connectivity index is 1.96. The average molecular weight is 349 g/mol. The highest BCUT2D eigenvalue weighted by Crippen LogP contribution is 2.27. The molecule has 1 aromatic carbocycles. The summed E-state index contributed by atoms with van der Waals surface area (Å²) in [6.45, 7) is 0.336. The largest absolute Gasteiger partial charge is 0.493 e. The molecule has 24 heavy (non-hydrogen) atoms. The van der Waals surface area contributed by atoms with Gasteiger partial charge in [-0.25, -0.2) is 0 Å². The summed E-state index contributed by atoms with van der Waals surface area (Å²) in [5, 5.41) is 15.4. The molecule has 0 spiro atoms. The molecule has 0 aliphatic carbocycles. The van der Waals surface area contributed by atoms with Gasteiger partial charge in [-0.1, -0.05) is 6.07 Å². The Morgan fingerprint density at radius 3 is 2.54 bits per heavy atom. The quantitative estimate of drug-likeness (QED) is 0.714. The second-order valence-electron chi connectivity index (χ2n) is 5.06. The van der Waals surface area contributed by atoms with Crippen molar-refractivity contribution in [1.29, 1.82) is 0 Å². The Hall–Kier alpha value is -2.54. The van der Waals surface area contributed by atoms with E-state index < -0.39 is 17.8 Å². The number of rotatable bonds is 8. The fourth-order valence-corrected chi connectivity index (χ4v) is 3.00. The van der Waals surface area contributed by atoms with E-state index in [0.29, 0.717) is 30.0 Å². The third-order valence-corrected chi connectivity index (χ3v) is 4.25. The number of ether oxygens (including phenoxy) is 2. The van der Waals surface area contributed by atoms with Crippen molar-refractivity contribution in [3.8, 4) is 11.5 Å². The molecule has 0 saturated carbocycles. The standard InChI is InChI=1S/C17H19NO5S/c1-22-13-4-3-11(9-14(13)23-2)5-7-18-16(19)15(17(20)21)12-6-8-24-10-12/h3-4,6,8-10,15H,5,7H2,1-2H3,(H,18,19)(H,20,21). The van der Waals surface area contributed by atoms with E-state index in [4.69, 9.17) is 9.47 Å². The smallest absolute Gasteiger partial charge is 0.320 e. The summed E-state index contributed by atoms with van der Waals surface area (Å²) in [5.41, 5.74) is 1.45. The number of hydrogen-bond acceptors (Lipinski definition) is 5. The van der Waals surface area contributed by atoms with Crippen LogP contribution in [0.4, 0.5) is 0 Å². The van der Waals surface area contributed by atoms with Crippen LogP contribution in [0, 0.1) is 0 Å².